The summed E-state index contributed by atoms with van der Waals surface area (Å²) < 4.78 is 5.76. The van der Waals surface area contributed by atoms with Crippen LogP contribution in [-0.4, -0.2) is 6.61 Å². The maximum atomic E-state index is 6.40. The number of hydrogen-bond donors (Lipinski definition) is 1. The van der Waals surface area contributed by atoms with Crippen LogP contribution < -0.4 is 10.5 Å². The van der Waals surface area contributed by atoms with Gasteiger partial charge in [-0.3, -0.25) is 0 Å². The van der Waals surface area contributed by atoms with Crippen LogP contribution in [-0.2, 0) is 5.41 Å². The molecule has 1 fully saturated rings. The number of benzene rings is 1. The summed E-state index contributed by atoms with van der Waals surface area (Å²) in [7, 11) is 0. The lowest BCUT2D eigenvalue weighted by Crippen LogP contribution is -2.19. The third-order valence-electron chi connectivity index (χ3n) is 4.46. The molecule has 2 heteroatoms. The summed E-state index contributed by atoms with van der Waals surface area (Å²) >= 11 is 0. The molecule has 1 aromatic carbocycles. The Labute approximate surface area is 117 Å². The summed E-state index contributed by atoms with van der Waals surface area (Å²) in [6.45, 7) is 9.53. The number of rotatable bonds is 6. The van der Waals surface area contributed by atoms with Crippen molar-refractivity contribution in [1.82, 2.24) is 0 Å². The highest BCUT2D eigenvalue weighted by Crippen LogP contribution is 2.43. The van der Waals surface area contributed by atoms with Crippen LogP contribution in [0.1, 0.15) is 64.1 Å². The molecule has 0 aromatic heterocycles. The molecule has 2 N–H and O–H groups in total. The van der Waals surface area contributed by atoms with Gasteiger partial charge in [0.1, 0.15) is 5.75 Å². The van der Waals surface area contributed by atoms with Gasteiger partial charge in [-0.15, -0.1) is 0 Å². The predicted octanol–water partition coefficient (Wildman–Crippen LogP) is 4.18. The second-order valence-electron chi connectivity index (χ2n) is 6.29. The number of ether oxygens (including phenoxy) is 1. The van der Waals surface area contributed by atoms with Gasteiger partial charge in [0.05, 0.1) is 6.61 Å². The summed E-state index contributed by atoms with van der Waals surface area (Å²) in [5.74, 6) is 1.62. The van der Waals surface area contributed by atoms with Crippen molar-refractivity contribution in [2.75, 3.05) is 6.61 Å². The standard InChI is InChI=1S/C17H27NO/c1-5-17(3,4)13-9-10-15(19-6-2)14(11-13)16(18)12-7-8-12/h9-12,16H,5-8,18H2,1-4H3. The molecule has 0 spiro atoms. The van der Waals surface area contributed by atoms with E-state index in [-0.39, 0.29) is 11.5 Å². The van der Waals surface area contributed by atoms with Crippen LogP contribution in [0.3, 0.4) is 0 Å². The van der Waals surface area contributed by atoms with Crippen LogP contribution in [0, 0.1) is 5.92 Å². The lowest BCUT2D eigenvalue weighted by molar-refractivity contribution is 0.332. The van der Waals surface area contributed by atoms with Gasteiger partial charge in [-0.1, -0.05) is 26.8 Å². The van der Waals surface area contributed by atoms with Gasteiger partial charge >= 0.3 is 0 Å². The average molecular weight is 261 g/mol. The second-order valence-corrected chi connectivity index (χ2v) is 6.29. The van der Waals surface area contributed by atoms with E-state index < -0.39 is 0 Å². The van der Waals surface area contributed by atoms with Crippen molar-refractivity contribution in [3.05, 3.63) is 29.3 Å². The van der Waals surface area contributed by atoms with Gasteiger partial charge in [-0.05, 0) is 55.2 Å². The van der Waals surface area contributed by atoms with Gasteiger partial charge in [-0.25, -0.2) is 0 Å². The number of nitrogens with two attached hydrogens (primary N) is 1. The first-order valence-corrected chi connectivity index (χ1v) is 7.52. The van der Waals surface area contributed by atoms with E-state index in [0.29, 0.717) is 12.5 Å². The molecule has 0 saturated heterocycles. The summed E-state index contributed by atoms with van der Waals surface area (Å²) in [5, 5.41) is 0. The minimum Gasteiger partial charge on any atom is -0.494 e. The first-order chi connectivity index (χ1) is 8.99. The lowest BCUT2D eigenvalue weighted by atomic mass is 9.81. The van der Waals surface area contributed by atoms with Crippen molar-refractivity contribution in [3.8, 4) is 5.75 Å². The highest BCUT2D eigenvalue weighted by molar-refractivity contribution is 5.42. The zero-order valence-corrected chi connectivity index (χ0v) is 12.7. The molecule has 106 valence electrons. The Morgan fingerprint density at radius 1 is 1.32 bits per heavy atom. The van der Waals surface area contributed by atoms with Crippen LogP contribution in [0.2, 0.25) is 0 Å². The van der Waals surface area contributed by atoms with E-state index in [0.717, 1.165) is 12.2 Å². The third kappa shape index (κ3) is 3.11. The quantitative estimate of drug-likeness (QED) is 0.833. The minimum absolute atomic E-state index is 0.133. The van der Waals surface area contributed by atoms with Gasteiger partial charge in [0, 0.05) is 11.6 Å². The van der Waals surface area contributed by atoms with E-state index in [2.05, 4.69) is 39.0 Å². The topological polar surface area (TPSA) is 35.2 Å². The third-order valence-corrected chi connectivity index (χ3v) is 4.46. The van der Waals surface area contributed by atoms with E-state index >= 15 is 0 Å². The molecule has 1 atom stereocenters. The zero-order valence-electron chi connectivity index (χ0n) is 12.7. The molecule has 1 aliphatic carbocycles. The van der Waals surface area contributed by atoms with E-state index in [9.17, 15) is 0 Å². The second kappa shape index (κ2) is 5.54. The normalized spacial score (nSPS) is 17.3. The molecule has 0 heterocycles. The van der Waals surface area contributed by atoms with Gasteiger partial charge in [-0.2, -0.15) is 0 Å². The average Bonchev–Trinajstić information content (AvgIpc) is 3.23. The van der Waals surface area contributed by atoms with E-state index in [1.54, 1.807) is 0 Å². The maximum absolute atomic E-state index is 6.40. The predicted molar refractivity (Wildman–Crippen MR) is 80.6 cm³/mol. The molecular formula is C17H27NO. The van der Waals surface area contributed by atoms with Crippen LogP contribution in [0.4, 0.5) is 0 Å². The molecule has 1 aliphatic rings. The van der Waals surface area contributed by atoms with Gasteiger partial charge in [0.25, 0.3) is 0 Å². The minimum atomic E-state index is 0.133. The molecule has 0 aliphatic heterocycles. The van der Waals surface area contributed by atoms with E-state index in [1.807, 2.05) is 6.92 Å². The molecule has 1 unspecified atom stereocenters. The van der Waals surface area contributed by atoms with Gasteiger partial charge < -0.3 is 10.5 Å². The fourth-order valence-corrected chi connectivity index (χ4v) is 2.43. The lowest BCUT2D eigenvalue weighted by Gasteiger charge is -2.26. The summed E-state index contributed by atoms with van der Waals surface area (Å²) in [6.07, 6.45) is 3.64. The highest BCUT2D eigenvalue weighted by atomic mass is 16.5. The van der Waals surface area contributed by atoms with E-state index in [1.165, 1.54) is 24.0 Å². The van der Waals surface area contributed by atoms with Crippen LogP contribution in [0.15, 0.2) is 18.2 Å². The molecule has 0 bridgehead atoms. The van der Waals surface area contributed by atoms with Gasteiger partial charge in [0.15, 0.2) is 0 Å². The van der Waals surface area contributed by atoms with E-state index in [4.69, 9.17) is 10.5 Å². The van der Waals surface area contributed by atoms with Crippen molar-refractivity contribution in [1.29, 1.82) is 0 Å². The van der Waals surface area contributed by atoms with Gasteiger partial charge in [0.2, 0.25) is 0 Å². The zero-order chi connectivity index (χ0) is 14.0. The number of hydrogen-bond acceptors (Lipinski definition) is 2. The Morgan fingerprint density at radius 3 is 2.53 bits per heavy atom. The highest BCUT2D eigenvalue weighted by Gasteiger charge is 2.32. The molecule has 2 nitrogen and oxygen atoms in total. The molecule has 0 amide bonds. The van der Waals surface area contributed by atoms with Crippen molar-refractivity contribution >= 4 is 0 Å². The first kappa shape index (κ1) is 14.4. The fourth-order valence-electron chi connectivity index (χ4n) is 2.43. The summed E-state index contributed by atoms with van der Waals surface area (Å²) in [5.41, 5.74) is 9.17. The van der Waals surface area contributed by atoms with Crippen LogP contribution in [0.5, 0.6) is 5.75 Å². The SMILES string of the molecule is CCOc1ccc(C(C)(C)CC)cc1C(N)C1CC1. The van der Waals surface area contributed by atoms with Crippen LogP contribution >= 0.6 is 0 Å². The van der Waals surface area contributed by atoms with Crippen molar-refractivity contribution < 1.29 is 4.74 Å². The molecule has 1 aromatic rings. The molecule has 2 rings (SSSR count). The molecular weight excluding hydrogens is 234 g/mol. The Morgan fingerprint density at radius 2 is 2.00 bits per heavy atom. The molecule has 1 saturated carbocycles. The van der Waals surface area contributed by atoms with Crippen molar-refractivity contribution in [2.45, 2.75) is 58.4 Å². The monoisotopic (exact) mass is 261 g/mol. The summed E-state index contributed by atoms with van der Waals surface area (Å²) in [4.78, 5) is 0. The Bertz CT molecular complexity index is 435. The Hall–Kier alpha value is -1.02. The van der Waals surface area contributed by atoms with Crippen molar-refractivity contribution in [2.24, 2.45) is 11.7 Å². The summed E-state index contributed by atoms with van der Waals surface area (Å²) in [6, 6.07) is 6.71. The first-order valence-electron chi connectivity index (χ1n) is 7.52. The Balaban J connectivity index is 2.37. The molecule has 0 radical (unpaired) electrons. The largest absolute Gasteiger partial charge is 0.494 e. The smallest absolute Gasteiger partial charge is 0.124 e. The van der Waals surface area contributed by atoms with Crippen molar-refractivity contribution in [3.63, 3.8) is 0 Å². The maximum Gasteiger partial charge on any atom is 0.124 e. The van der Waals surface area contributed by atoms with Crippen LogP contribution in [0.25, 0.3) is 0 Å². The fraction of sp³-hybridized carbons (Fsp3) is 0.647. The Kier molecular flexibility index (Phi) is 4.19. The molecule has 19 heavy (non-hydrogen) atoms.